The number of aromatic hydroxyl groups is 1. The highest BCUT2D eigenvalue weighted by molar-refractivity contribution is 5.87. The molecular weight excluding hydrogens is 574 g/mol. The van der Waals surface area contributed by atoms with Crippen molar-refractivity contribution in [1.29, 1.82) is 0 Å². The molecule has 0 heterocycles. The number of allylic oxidation sites excluding steroid dienone is 1. The van der Waals surface area contributed by atoms with Crippen LogP contribution in [0, 0.1) is 5.92 Å². The zero-order valence-corrected chi connectivity index (χ0v) is 25.3. The summed E-state index contributed by atoms with van der Waals surface area (Å²) in [6, 6.07) is 4.28. The molecule has 1 aromatic rings. The highest BCUT2D eigenvalue weighted by atomic mass is 16.4. The molecule has 44 heavy (non-hydrogen) atoms. The molecule has 0 bridgehead atoms. The average molecular weight is 622 g/mol. The van der Waals surface area contributed by atoms with Crippen LogP contribution in [-0.2, 0) is 30.4 Å². The number of phenolic OH excluding ortho intramolecular Hbond substituents is 1. The van der Waals surface area contributed by atoms with Crippen LogP contribution in [0.1, 0.15) is 96.0 Å². The van der Waals surface area contributed by atoms with E-state index in [9.17, 15) is 54.6 Å². The van der Waals surface area contributed by atoms with Gasteiger partial charge in [-0.2, -0.15) is 0 Å². The summed E-state index contributed by atoms with van der Waals surface area (Å²) in [5.41, 5.74) is -2.32. The molecule has 0 aliphatic heterocycles. The van der Waals surface area contributed by atoms with Crippen molar-refractivity contribution in [2.24, 2.45) is 5.92 Å². The van der Waals surface area contributed by atoms with Gasteiger partial charge in [0, 0.05) is 25.2 Å². The highest BCUT2D eigenvalue weighted by Crippen LogP contribution is 2.28. The van der Waals surface area contributed by atoms with Crippen LogP contribution in [0.15, 0.2) is 36.4 Å². The Bertz CT molecular complexity index is 1100. The maximum absolute atomic E-state index is 12.8. The largest absolute Gasteiger partial charge is 0.508 e. The van der Waals surface area contributed by atoms with E-state index in [1.807, 2.05) is 0 Å². The second-order valence-electron chi connectivity index (χ2n) is 11.2. The quantitative estimate of drug-likeness (QED) is 0.0653. The number of aliphatic hydroxyl groups is 2. The number of phenols is 1. The molecule has 1 amide bonds. The molecule has 0 saturated heterocycles. The van der Waals surface area contributed by atoms with Gasteiger partial charge >= 0.3 is 17.9 Å². The van der Waals surface area contributed by atoms with E-state index in [0.29, 0.717) is 31.2 Å². The van der Waals surface area contributed by atoms with Crippen molar-refractivity contribution < 1.29 is 54.6 Å². The van der Waals surface area contributed by atoms with Crippen LogP contribution in [0.5, 0.6) is 5.75 Å². The van der Waals surface area contributed by atoms with Gasteiger partial charge in [-0.05, 0) is 43.4 Å². The van der Waals surface area contributed by atoms with Crippen LogP contribution in [0.3, 0.4) is 0 Å². The van der Waals surface area contributed by atoms with Crippen molar-refractivity contribution >= 4 is 29.6 Å². The van der Waals surface area contributed by atoms with Crippen molar-refractivity contribution in [2.75, 3.05) is 0 Å². The molecule has 0 aromatic heterocycles. The minimum absolute atomic E-state index is 0.0240. The number of carboxylic acids is 3. The maximum atomic E-state index is 12.8. The minimum Gasteiger partial charge on any atom is -0.508 e. The number of hydrogen-bond acceptors (Lipinski definition) is 8. The van der Waals surface area contributed by atoms with Gasteiger partial charge in [0.25, 0.3) is 0 Å². The Morgan fingerprint density at radius 2 is 1.55 bits per heavy atom. The van der Waals surface area contributed by atoms with E-state index >= 15 is 0 Å². The molecule has 0 saturated carbocycles. The fraction of sp³-hybridized carbons (Fsp3) is 0.594. The average Bonchev–Trinajstić information content (AvgIpc) is 2.95. The SMILES string of the molecule is CCCCCCC(O)C(=O)CCCCCC/C=C/[C@H](CC(=O)N[C@@H](Cc1ccc(O)cc1)C(=O)O)[C@@](O)(CC(=O)O)C(=O)O. The number of hydrogen-bond donors (Lipinski definition) is 7. The molecule has 246 valence electrons. The van der Waals surface area contributed by atoms with Crippen molar-refractivity contribution in [3.8, 4) is 5.75 Å². The van der Waals surface area contributed by atoms with Gasteiger partial charge in [-0.3, -0.25) is 14.4 Å². The van der Waals surface area contributed by atoms with Gasteiger partial charge in [0.15, 0.2) is 11.4 Å². The highest BCUT2D eigenvalue weighted by Gasteiger charge is 2.46. The van der Waals surface area contributed by atoms with Gasteiger partial charge in [-0.1, -0.05) is 69.7 Å². The van der Waals surface area contributed by atoms with E-state index in [4.69, 9.17) is 0 Å². The molecule has 0 aliphatic carbocycles. The zero-order valence-electron chi connectivity index (χ0n) is 25.3. The number of ketones is 1. The lowest BCUT2D eigenvalue weighted by atomic mass is 9.81. The standard InChI is InChI=1S/C32H47NO11/c1-2-3-4-10-13-26(35)27(36)14-11-8-6-5-7-9-12-23(32(44,31(42)43)21-29(38)39)20-28(37)33-25(30(40)41)19-22-15-17-24(34)18-16-22/h9,12,15-18,23,25-26,34-35,44H,2-8,10-11,13-14,19-21H2,1H3,(H,33,37)(H,38,39)(H,40,41)(H,42,43)/b12-9+/t23-,25+,26?,32+/m1/s1. The Kier molecular flexibility index (Phi) is 17.6. The lowest BCUT2D eigenvalue weighted by Gasteiger charge is -2.29. The number of aliphatic hydroxyl groups excluding tert-OH is 1. The number of rotatable bonds is 24. The number of Topliss-reactive ketones (excluding diaryl/α,β-unsaturated/α-hetero) is 1. The third-order valence-corrected chi connectivity index (χ3v) is 7.43. The van der Waals surface area contributed by atoms with E-state index in [2.05, 4.69) is 12.2 Å². The summed E-state index contributed by atoms with van der Waals surface area (Å²) in [4.78, 5) is 60.0. The summed E-state index contributed by atoms with van der Waals surface area (Å²) in [7, 11) is 0. The summed E-state index contributed by atoms with van der Waals surface area (Å²) in [6.45, 7) is 2.09. The molecule has 1 rings (SSSR count). The Labute approximate surface area is 257 Å². The summed E-state index contributed by atoms with van der Waals surface area (Å²) in [5.74, 6) is -7.35. The third-order valence-electron chi connectivity index (χ3n) is 7.43. The lowest BCUT2D eigenvalue weighted by Crippen LogP contribution is -2.50. The molecular formula is C32H47NO11. The lowest BCUT2D eigenvalue weighted by molar-refractivity contribution is -0.170. The number of unbranched alkanes of at least 4 members (excludes halogenated alkanes) is 7. The van der Waals surface area contributed by atoms with Crippen LogP contribution in [0.4, 0.5) is 0 Å². The first-order chi connectivity index (χ1) is 20.8. The predicted molar refractivity (Wildman–Crippen MR) is 161 cm³/mol. The van der Waals surface area contributed by atoms with Gasteiger partial charge in [0.1, 0.15) is 17.9 Å². The number of carbonyl (C=O) groups is 5. The van der Waals surface area contributed by atoms with E-state index < -0.39 is 60.3 Å². The molecule has 12 heteroatoms. The zero-order chi connectivity index (χ0) is 33.1. The molecule has 0 radical (unpaired) electrons. The number of carbonyl (C=O) groups excluding carboxylic acids is 2. The van der Waals surface area contributed by atoms with Crippen molar-refractivity contribution in [1.82, 2.24) is 5.32 Å². The summed E-state index contributed by atoms with van der Waals surface area (Å²) in [5, 5.41) is 61.0. The van der Waals surface area contributed by atoms with E-state index in [0.717, 1.165) is 38.5 Å². The molecule has 12 nitrogen and oxygen atoms in total. The number of benzene rings is 1. The minimum atomic E-state index is -2.83. The molecule has 0 spiro atoms. The Balaban J connectivity index is 2.74. The molecule has 1 aromatic carbocycles. The molecule has 1 unspecified atom stereocenters. The predicted octanol–water partition coefficient (Wildman–Crippen LogP) is 3.60. The van der Waals surface area contributed by atoms with Crippen LogP contribution >= 0.6 is 0 Å². The van der Waals surface area contributed by atoms with Crippen molar-refractivity contribution in [2.45, 2.75) is 115 Å². The van der Waals surface area contributed by atoms with Crippen molar-refractivity contribution in [3.63, 3.8) is 0 Å². The summed E-state index contributed by atoms with van der Waals surface area (Å²) < 4.78 is 0. The fourth-order valence-corrected chi connectivity index (χ4v) is 4.78. The topological polar surface area (TPSA) is 219 Å². The van der Waals surface area contributed by atoms with Gasteiger partial charge in [-0.25, -0.2) is 9.59 Å². The third kappa shape index (κ3) is 14.6. The first-order valence-corrected chi connectivity index (χ1v) is 15.1. The van der Waals surface area contributed by atoms with Gasteiger partial charge < -0.3 is 36.0 Å². The van der Waals surface area contributed by atoms with E-state index in [1.54, 1.807) is 6.08 Å². The molecule has 4 atom stereocenters. The first kappa shape index (κ1) is 38.3. The van der Waals surface area contributed by atoms with Crippen LogP contribution < -0.4 is 5.32 Å². The van der Waals surface area contributed by atoms with E-state index in [1.165, 1.54) is 30.3 Å². The first-order valence-electron chi connectivity index (χ1n) is 15.1. The maximum Gasteiger partial charge on any atom is 0.336 e. The number of amides is 1. The smallest absolute Gasteiger partial charge is 0.336 e. The monoisotopic (exact) mass is 621 g/mol. The van der Waals surface area contributed by atoms with Crippen molar-refractivity contribution in [3.05, 3.63) is 42.0 Å². The molecule has 0 fully saturated rings. The normalized spacial score (nSPS) is 14.8. The second-order valence-corrected chi connectivity index (χ2v) is 11.2. The van der Waals surface area contributed by atoms with Gasteiger partial charge in [0.05, 0.1) is 6.42 Å². The van der Waals surface area contributed by atoms with Gasteiger partial charge in [0.2, 0.25) is 5.91 Å². The van der Waals surface area contributed by atoms with Crippen LogP contribution in [0.25, 0.3) is 0 Å². The molecule has 0 aliphatic rings. The number of nitrogens with one attached hydrogen (secondary N) is 1. The summed E-state index contributed by atoms with van der Waals surface area (Å²) >= 11 is 0. The van der Waals surface area contributed by atoms with Crippen LogP contribution in [0.2, 0.25) is 0 Å². The number of aliphatic carboxylic acids is 3. The second kappa shape index (κ2) is 20.2. The van der Waals surface area contributed by atoms with Gasteiger partial charge in [-0.15, -0.1) is 0 Å². The fourth-order valence-electron chi connectivity index (χ4n) is 4.78. The number of carboxylic acid groups (broad SMARTS) is 3. The van der Waals surface area contributed by atoms with Crippen LogP contribution in [-0.4, -0.2) is 78.0 Å². The Hall–Kier alpha value is -3.77. The summed E-state index contributed by atoms with van der Waals surface area (Å²) in [6.07, 6.45) is 7.74. The van der Waals surface area contributed by atoms with E-state index in [-0.39, 0.29) is 24.4 Å². The Morgan fingerprint density at radius 3 is 2.14 bits per heavy atom. The Morgan fingerprint density at radius 1 is 0.909 bits per heavy atom. The molecule has 7 N–H and O–H groups in total.